The second-order valence-electron chi connectivity index (χ2n) is 6.10. The minimum Gasteiger partial charge on any atom is -0.376 e. The molecule has 100 valence electrons. The van der Waals surface area contributed by atoms with E-state index in [0.29, 0.717) is 0 Å². The Hall–Kier alpha value is -0.380. The van der Waals surface area contributed by atoms with Crippen LogP contribution in [-0.2, 0) is 10.2 Å². The van der Waals surface area contributed by atoms with Gasteiger partial charge in [-0.3, -0.25) is 0 Å². The molecule has 0 bridgehead atoms. The monoisotopic (exact) mass is 311 g/mol. The van der Waals surface area contributed by atoms with Gasteiger partial charge in [0.25, 0.3) is 0 Å². The zero-order valence-corrected chi connectivity index (χ0v) is 13.0. The summed E-state index contributed by atoms with van der Waals surface area (Å²) in [5.41, 5.74) is 1.64. The molecule has 1 heterocycles. The number of hydrogen-bond donors (Lipinski definition) is 1. The molecule has 0 aromatic heterocycles. The maximum absolute atomic E-state index is 5.87. The molecule has 0 radical (unpaired) electrons. The van der Waals surface area contributed by atoms with E-state index in [1.165, 1.54) is 5.56 Å². The first kappa shape index (κ1) is 14.0. The maximum Gasteiger partial charge on any atom is 0.0598 e. The van der Waals surface area contributed by atoms with Crippen molar-refractivity contribution in [1.29, 1.82) is 0 Å². The Labute approximate surface area is 118 Å². The number of halogens is 1. The second-order valence-corrected chi connectivity index (χ2v) is 7.02. The number of hydrogen-bond acceptors (Lipinski definition) is 2. The van der Waals surface area contributed by atoms with Gasteiger partial charge in [-0.1, -0.05) is 28.1 Å². The summed E-state index contributed by atoms with van der Waals surface area (Å²) in [6.45, 7) is 9.26. The third-order valence-electron chi connectivity index (χ3n) is 3.50. The largest absolute Gasteiger partial charge is 0.376 e. The first-order valence-electron chi connectivity index (χ1n) is 6.52. The average molecular weight is 312 g/mol. The normalized spacial score (nSPS) is 18.4. The first-order valence-corrected chi connectivity index (χ1v) is 7.31. The molecule has 0 unspecified atom stereocenters. The third-order valence-corrected chi connectivity index (χ3v) is 4.03. The Balaban J connectivity index is 2.00. The molecule has 1 aromatic rings. The number of nitrogens with one attached hydrogen (secondary N) is 1. The fourth-order valence-electron chi connectivity index (χ4n) is 2.31. The maximum atomic E-state index is 5.87. The van der Waals surface area contributed by atoms with Crippen LogP contribution in [0.3, 0.4) is 0 Å². The quantitative estimate of drug-likeness (QED) is 0.919. The van der Waals surface area contributed by atoms with E-state index in [0.717, 1.165) is 30.6 Å². The van der Waals surface area contributed by atoms with E-state index in [1.807, 2.05) is 0 Å². The minimum atomic E-state index is -0.0436. The van der Waals surface area contributed by atoms with Crippen LogP contribution in [0.2, 0.25) is 0 Å². The van der Waals surface area contributed by atoms with Crippen molar-refractivity contribution in [2.75, 3.05) is 19.7 Å². The van der Waals surface area contributed by atoms with Crippen molar-refractivity contribution in [2.45, 2.75) is 38.2 Å². The molecule has 2 rings (SSSR count). The van der Waals surface area contributed by atoms with Gasteiger partial charge in [-0.25, -0.2) is 0 Å². The van der Waals surface area contributed by atoms with Crippen molar-refractivity contribution < 1.29 is 4.74 Å². The van der Waals surface area contributed by atoms with E-state index in [9.17, 15) is 0 Å². The smallest absolute Gasteiger partial charge is 0.0598 e. The summed E-state index contributed by atoms with van der Waals surface area (Å²) in [5, 5.41) is 3.40. The van der Waals surface area contributed by atoms with Gasteiger partial charge in [0.1, 0.15) is 0 Å². The van der Waals surface area contributed by atoms with E-state index in [2.05, 4.69) is 66.3 Å². The Bertz CT molecular complexity index is 390. The van der Waals surface area contributed by atoms with Gasteiger partial charge >= 0.3 is 0 Å². The molecule has 0 spiro atoms. The van der Waals surface area contributed by atoms with Crippen molar-refractivity contribution in [1.82, 2.24) is 5.32 Å². The van der Waals surface area contributed by atoms with Crippen molar-refractivity contribution in [3.63, 3.8) is 0 Å². The Kier molecular flexibility index (Phi) is 4.15. The number of benzene rings is 1. The zero-order valence-electron chi connectivity index (χ0n) is 11.4. The van der Waals surface area contributed by atoms with E-state index < -0.39 is 0 Å². The molecular weight excluding hydrogens is 290 g/mol. The molecule has 0 aliphatic carbocycles. The fourth-order valence-corrected chi connectivity index (χ4v) is 2.57. The molecule has 3 heteroatoms. The van der Waals surface area contributed by atoms with Crippen LogP contribution in [0.4, 0.5) is 0 Å². The zero-order chi connectivity index (χ0) is 13.2. The summed E-state index contributed by atoms with van der Waals surface area (Å²) < 4.78 is 7.01. The topological polar surface area (TPSA) is 21.3 Å². The molecule has 2 nitrogen and oxygen atoms in total. The molecule has 0 saturated carbocycles. The van der Waals surface area contributed by atoms with E-state index in [1.54, 1.807) is 0 Å². The van der Waals surface area contributed by atoms with Gasteiger partial charge in [-0.2, -0.15) is 0 Å². The van der Waals surface area contributed by atoms with Crippen LogP contribution in [0.1, 0.15) is 32.8 Å². The van der Waals surface area contributed by atoms with E-state index in [-0.39, 0.29) is 11.0 Å². The summed E-state index contributed by atoms with van der Waals surface area (Å²) in [6.07, 6.45) is 1.08. The molecule has 1 saturated heterocycles. The van der Waals surface area contributed by atoms with Crippen molar-refractivity contribution in [3.8, 4) is 0 Å². The predicted octanol–water partition coefficient (Wildman–Crippen LogP) is 3.50. The Morgan fingerprint density at radius 3 is 2.28 bits per heavy atom. The van der Waals surface area contributed by atoms with Crippen molar-refractivity contribution in [3.05, 3.63) is 34.3 Å². The summed E-state index contributed by atoms with van der Waals surface area (Å²) >= 11 is 3.49. The highest BCUT2D eigenvalue weighted by atomic mass is 79.9. The second kappa shape index (κ2) is 5.32. The fraction of sp³-hybridized carbons (Fsp3) is 0.600. The molecule has 1 aromatic carbocycles. The minimum absolute atomic E-state index is 0.0436. The average Bonchev–Trinajstić information content (AvgIpc) is 2.22. The van der Waals surface area contributed by atoms with Crippen LogP contribution in [-0.4, -0.2) is 25.3 Å². The summed E-state index contributed by atoms with van der Waals surface area (Å²) in [7, 11) is 0. The number of ether oxygens (including phenoxy) is 1. The van der Waals surface area contributed by atoms with Crippen LogP contribution in [0.5, 0.6) is 0 Å². The molecule has 1 aliphatic rings. The lowest BCUT2D eigenvalue weighted by Crippen LogP contribution is -2.57. The summed E-state index contributed by atoms with van der Waals surface area (Å²) in [6, 6.07) is 8.70. The van der Waals surface area contributed by atoms with Gasteiger partial charge in [0.15, 0.2) is 0 Å². The van der Waals surface area contributed by atoms with Crippen LogP contribution in [0, 0.1) is 0 Å². The molecule has 18 heavy (non-hydrogen) atoms. The van der Waals surface area contributed by atoms with Gasteiger partial charge in [-0.15, -0.1) is 0 Å². The number of rotatable bonds is 4. The summed E-state index contributed by atoms with van der Waals surface area (Å²) in [5.74, 6) is 0. The lowest BCUT2D eigenvalue weighted by Gasteiger charge is -2.43. The molecule has 1 aliphatic heterocycles. The highest BCUT2D eigenvalue weighted by Gasteiger charge is 2.38. The highest BCUT2D eigenvalue weighted by Crippen LogP contribution is 2.33. The van der Waals surface area contributed by atoms with Gasteiger partial charge < -0.3 is 10.1 Å². The molecular formula is C15H22BrNO. The van der Waals surface area contributed by atoms with Crippen molar-refractivity contribution in [2.24, 2.45) is 0 Å². The molecule has 1 N–H and O–H groups in total. The predicted molar refractivity (Wildman–Crippen MR) is 79.0 cm³/mol. The van der Waals surface area contributed by atoms with Crippen LogP contribution < -0.4 is 5.32 Å². The summed E-state index contributed by atoms with van der Waals surface area (Å²) in [4.78, 5) is 0. The van der Waals surface area contributed by atoms with Gasteiger partial charge in [-0.05, 0) is 44.9 Å². The van der Waals surface area contributed by atoms with Crippen LogP contribution >= 0.6 is 15.9 Å². The SMILES string of the molecule is CC(C)(C)OCCC1(c2ccc(Br)cc2)CNC1. The first-order chi connectivity index (χ1) is 8.41. The Morgan fingerprint density at radius 2 is 1.83 bits per heavy atom. The van der Waals surface area contributed by atoms with Gasteiger partial charge in [0.05, 0.1) is 5.60 Å². The lowest BCUT2D eigenvalue weighted by atomic mass is 9.73. The van der Waals surface area contributed by atoms with Gasteiger partial charge in [0, 0.05) is 29.6 Å². The van der Waals surface area contributed by atoms with Gasteiger partial charge in [0.2, 0.25) is 0 Å². The van der Waals surface area contributed by atoms with Crippen molar-refractivity contribution >= 4 is 15.9 Å². The lowest BCUT2D eigenvalue weighted by molar-refractivity contribution is -0.0156. The molecule has 0 atom stereocenters. The highest BCUT2D eigenvalue weighted by molar-refractivity contribution is 9.10. The Morgan fingerprint density at radius 1 is 1.22 bits per heavy atom. The van der Waals surface area contributed by atoms with Crippen LogP contribution in [0.25, 0.3) is 0 Å². The van der Waals surface area contributed by atoms with Crippen LogP contribution in [0.15, 0.2) is 28.7 Å². The molecule has 1 fully saturated rings. The third kappa shape index (κ3) is 3.34. The van der Waals surface area contributed by atoms with E-state index in [4.69, 9.17) is 4.74 Å². The van der Waals surface area contributed by atoms with E-state index >= 15 is 0 Å². The standard InChI is InChI=1S/C15H22BrNO/c1-14(2,3)18-9-8-15(10-17-11-15)12-4-6-13(16)7-5-12/h4-7,17H,8-11H2,1-3H3. The molecule has 0 amide bonds.